The van der Waals surface area contributed by atoms with Crippen molar-refractivity contribution in [2.75, 3.05) is 0 Å². The van der Waals surface area contributed by atoms with Crippen molar-refractivity contribution in [2.24, 2.45) is 0 Å². The van der Waals surface area contributed by atoms with Crippen molar-refractivity contribution in [3.63, 3.8) is 0 Å². The SMILES string of the molecule is CC(C)(C)OC(=O)N1C2CCCC3=C2C1CCC3. The molecule has 0 spiro atoms. The molecule has 3 heteroatoms. The normalized spacial score (nSPS) is 30.7. The lowest BCUT2D eigenvalue weighted by molar-refractivity contribution is -0.0143. The van der Waals surface area contributed by atoms with Crippen LogP contribution < -0.4 is 0 Å². The van der Waals surface area contributed by atoms with Crippen LogP contribution in [-0.4, -0.2) is 28.7 Å². The molecule has 0 radical (unpaired) electrons. The molecule has 3 rings (SSSR count). The Bertz CT molecular complexity index is 383. The fourth-order valence-electron chi connectivity index (χ4n) is 3.72. The van der Waals surface area contributed by atoms with Crippen LogP contribution in [0.1, 0.15) is 59.3 Å². The molecule has 0 aromatic rings. The number of amides is 1. The van der Waals surface area contributed by atoms with Crippen molar-refractivity contribution >= 4 is 6.09 Å². The zero-order valence-corrected chi connectivity index (χ0v) is 11.7. The molecule has 18 heavy (non-hydrogen) atoms. The smallest absolute Gasteiger partial charge is 0.411 e. The highest BCUT2D eigenvalue weighted by atomic mass is 16.6. The predicted octanol–water partition coefficient (Wildman–Crippen LogP) is 3.64. The van der Waals surface area contributed by atoms with Gasteiger partial charge in [0.25, 0.3) is 0 Å². The molecule has 1 amide bonds. The molecule has 0 bridgehead atoms. The van der Waals surface area contributed by atoms with Crippen LogP contribution in [0.15, 0.2) is 11.1 Å². The molecule has 0 aromatic heterocycles. The Labute approximate surface area is 109 Å². The number of hydrogen-bond acceptors (Lipinski definition) is 2. The fourth-order valence-corrected chi connectivity index (χ4v) is 3.72. The molecule has 2 atom stereocenters. The summed E-state index contributed by atoms with van der Waals surface area (Å²) in [5, 5.41) is 0. The summed E-state index contributed by atoms with van der Waals surface area (Å²) in [6.45, 7) is 5.82. The van der Waals surface area contributed by atoms with Gasteiger partial charge in [-0.2, -0.15) is 0 Å². The fraction of sp³-hybridized carbons (Fsp3) is 0.800. The van der Waals surface area contributed by atoms with E-state index in [0.717, 1.165) is 12.8 Å². The first kappa shape index (κ1) is 12.1. The van der Waals surface area contributed by atoms with E-state index in [1.54, 1.807) is 11.1 Å². The van der Waals surface area contributed by atoms with Crippen molar-refractivity contribution < 1.29 is 9.53 Å². The van der Waals surface area contributed by atoms with Crippen LogP contribution in [0.4, 0.5) is 4.79 Å². The summed E-state index contributed by atoms with van der Waals surface area (Å²) in [5.74, 6) is 0. The third kappa shape index (κ3) is 1.84. The number of likely N-dealkylation sites (tertiary alicyclic amines) is 1. The van der Waals surface area contributed by atoms with Crippen LogP contribution >= 0.6 is 0 Å². The van der Waals surface area contributed by atoms with E-state index in [-0.39, 0.29) is 11.7 Å². The van der Waals surface area contributed by atoms with Gasteiger partial charge >= 0.3 is 6.09 Å². The molecule has 100 valence electrons. The predicted molar refractivity (Wildman–Crippen MR) is 70.4 cm³/mol. The first-order chi connectivity index (χ1) is 8.47. The molecule has 1 aliphatic heterocycles. The number of allylic oxidation sites excluding steroid dienone is 1. The van der Waals surface area contributed by atoms with Crippen LogP contribution in [0.25, 0.3) is 0 Å². The van der Waals surface area contributed by atoms with Crippen molar-refractivity contribution in [3.8, 4) is 0 Å². The average molecular weight is 249 g/mol. The van der Waals surface area contributed by atoms with Gasteiger partial charge in [0.05, 0.1) is 12.1 Å². The number of ether oxygens (including phenoxy) is 1. The van der Waals surface area contributed by atoms with Crippen LogP contribution in [0.2, 0.25) is 0 Å². The Kier molecular flexibility index (Phi) is 2.68. The van der Waals surface area contributed by atoms with Gasteiger partial charge in [0.15, 0.2) is 0 Å². The molecule has 1 fully saturated rings. The minimum Gasteiger partial charge on any atom is -0.444 e. The topological polar surface area (TPSA) is 29.5 Å². The summed E-state index contributed by atoms with van der Waals surface area (Å²) in [6.07, 6.45) is 7.16. The van der Waals surface area contributed by atoms with E-state index >= 15 is 0 Å². The molecule has 3 nitrogen and oxygen atoms in total. The summed E-state index contributed by atoms with van der Waals surface area (Å²) in [6, 6.07) is 0.739. The maximum Gasteiger partial charge on any atom is 0.411 e. The number of hydrogen-bond donors (Lipinski definition) is 0. The van der Waals surface area contributed by atoms with Crippen LogP contribution in [0.3, 0.4) is 0 Å². The van der Waals surface area contributed by atoms with Gasteiger partial charge in [0.1, 0.15) is 5.60 Å². The second kappa shape index (κ2) is 4.01. The van der Waals surface area contributed by atoms with Gasteiger partial charge < -0.3 is 4.74 Å². The lowest BCUT2D eigenvalue weighted by Crippen LogP contribution is -2.63. The Morgan fingerprint density at radius 3 is 2.22 bits per heavy atom. The van der Waals surface area contributed by atoms with E-state index in [1.165, 1.54) is 25.7 Å². The summed E-state index contributed by atoms with van der Waals surface area (Å²) in [4.78, 5) is 14.3. The molecule has 2 unspecified atom stereocenters. The van der Waals surface area contributed by atoms with Gasteiger partial charge in [-0.3, -0.25) is 4.90 Å². The third-order valence-electron chi connectivity index (χ3n) is 4.31. The Morgan fingerprint density at radius 2 is 1.72 bits per heavy atom. The second-order valence-electron chi connectivity index (χ2n) is 6.76. The van der Waals surface area contributed by atoms with Crippen LogP contribution in [0, 0.1) is 0 Å². The minimum absolute atomic E-state index is 0.107. The van der Waals surface area contributed by atoms with Crippen molar-refractivity contribution in [1.82, 2.24) is 4.90 Å². The average Bonchev–Trinajstić information content (AvgIpc) is 2.24. The summed E-state index contributed by atoms with van der Waals surface area (Å²) >= 11 is 0. The maximum absolute atomic E-state index is 12.3. The van der Waals surface area contributed by atoms with Gasteiger partial charge in [-0.25, -0.2) is 4.79 Å². The standard InChI is InChI=1S/C15H23NO2/c1-15(2,3)18-14(17)16-11-8-4-6-10-7-5-9-12(16)13(10)11/h11-12H,4-9H2,1-3H3. The van der Waals surface area contributed by atoms with Gasteiger partial charge in [0.2, 0.25) is 0 Å². The first-order valence-electron chi connectivity index (χ1n) is 7.20. The van der Waals surface area contributed by atoms with E-state index < -0.39 is 0 Å². The molecule has 0 saturated carbocycles. The molecule has 0 aromatic carbocycles. The molecule has 2 aliphatic carbocycles. The summed E-state index contributed by atoms with van der Waals surface area (Å²) < 4.78 is 5.55. The summed E-state index contributed by atoms with van der Waals surface area (Å²) in [7, 11) is 0. The molecule has 1 saturated heterocycles. The number of carbonyl (C=O) groups excluding carboxylic acids is 1. The number of nitrogens with zero attached hydrogens (tertiary/aromatic N) is 1. The molecule has 1 heterocycles. The second-order valence-corrected chi connectivity index (χ2v) is 6.76. The van der Waals surface area contributed by atoms with Crippen LogP contribution in [-0.2, 0) is 4.74 Å². The maximum atomic E-state index is 12.3. The Hall–Kier alpha value is -0.990. The van der Waals surface area contributed by atoms with E-state index in [9.17, 15) is 4.79 Å². The molecular weight excluding hydrogens is 226 g/mol. The zero-order chi connectivity index (χ0) is 12.9. The van der Waals surface area contributed by atoms with E-state index in [1.807, 2.05) is 25.7 Å². The quantitative estimate of drug-likeness (QED) is 0.613. The molecule has 0 N–H and O–H groups in total. The van der Waals surface area contributed by atoms with Gasteiger partial charge in [-0.1, -0.05) is 5.57 Å². The monoisotopic (exact) mass is 249 g/mol. The largest absolute Gasteiger partial charge is 0.444 e. The first-order valence-corrected chi connectivity index (χ1v) is 7.20. The van der Waals surface area contributed by atoms with Crippen molar-refractivity contribution in [2.45, 2.75) is 77.0 Å². The van der Waals surface area contributed by atoms with Crippen molar-refractivity contribution in [3.05, 3.63) is 11.1 Å². The lowest BCUT2D eigenvalue weighted by atomic mass is 9.69. The third-order valence-corrected chi connectivity index (χ3v) is 4.31. The van der Waals surface area contributed by atoms with E-state index in [0.29, 0.717) is 12.1 Å². The van der Waals surface area contributed by atoms with Gasteiger partial charge in [-0.05, 0) is 64.9 Å². The zero-order valence-electron chi connectivity index (χ0n) is 11.7. The highest BCUT2D eigenvalue weighted by Gasteiger charge is 2.50. The minimum atomic E-state index is -0.386. The highest BCUT2D eigenvalue weighted by Crippen LogP contribution is 2.48. The molecule has 3 aliphatic rings. The highest BCUT2D eigenvalue weighted by molar-refractivity contribution is 5.73. The van der Waals surface area contributed by atoms with E-state index in [2.05, 4.69) is 0 Å². The van der Waals surface area contributed by atoms with Gasteiger partial charge in [0, 0.05) is 0 Å². The Morgan fingerprint density at radius 1 is 1.17 bits per heavy atom. The van der Waals surface area contributed by atoms with E-state index in [4.69, 9.17) is 4.74 Å². The van der Waals surface area contributed by atoms with Crippen LogP contribution in [0.5, 0.6) is 0 Å². The Balaban J connectivity index is 1.79. The lowest BCUT2D eigenvalue weighted by Gasteiger charge is -2.55. The molecular formula is C15H23NO2. The van der Waals surface area contributed by atoms with Crippen molar-refractivity contribution in [1.29, 1.82) is 0 Å². The summed E-state index contributed by atoms with van der Waals surface area (Å²) in [5.41, 5.74) is 2.86. The number of rotatable bonds is 0. The number of carbonyl (C=O) groups is 1. The van der Waals surface area contributed by atoms with Gasteiger partial charge in [-0.15, -0.1) is 0 Å².